The summed E-state index contributed by atoms with van der Waals surface area (Å²) in [6, 6.07) is 0. The van der Waals surface area contributed by atoms with E-state index in [0.29, 0.717) is 6.42 Å². The Balaban J connectivity index is 3.92. The average molecular weight is 914 g/mol. The van der Waals surface area contributed by atoms with Gasteiger partial charge in [-0.2, -0.15) is 0 Å². The second kappa shape index (κ2) is 50.2. The van der Waals surface area contributed by atoms with Gasteiger partial charge in [-0.3, -0.25) is 18.6 Å². The molecule has 0 aromatic rings. The summed E-state index contributed by atoms with van der Waals surface area (Å²) < 4.78 is 32.9. The number of carbonyl (C=O) groups excluding carboxylic acids is 2. The molecule has 0 fully saturated rings. The molecule has 2 unspecified atom stereocenters. The summed E-state index contributed by atoms with van der Waals surface area (Å²) in [5.74, 6) is -0.821. The summed E-state index contributed by atoms with van der Waals surface area (Å²) in [7, 11) is -4.38. The third-order valence-electron chi connectivity index (χ3n) is 12.2. The fraction of sp³-hybridized carbons (Fsp3) is 0.925. The Kier molecular flexibility index (Phi) is 49.2. The summed E-state index contributed by atoms with van der Waals surface area (Å²) in [6.45, 7) is 3.78. The molecular weight excluding hydrogens is 810 g/mol. The Hall–Kier alpha value is -1.25. The van der Waals surface area contributed by atoms with Crippen LogP contribution in [-0.4, -0.2) is 49.3 Å². The van der Waals surface area contributed by atoms with Crippen LogP contribution in [0.1, 0.15) is 284 Å². The fourth-order valence-corrected chi connectivity index (χ4v) is 8.87. The molecule has 0 radical (unpaired) electrons. The van der Waals surface area contributed by atoms with Crippen molar-refractivity contribution in [2.75, 3.05) is 26.4 Å². The zero-order chi connectivity index (χ0) is 46.0. The lowest BCUT2D eigenvalue weighted by molar-refractivity contribution is -0.161. The largest absolute Gasteiger partial charge is 0.472 e. The van der Waals surface area contributed by atoms with Crippen LogP contribution >= 0.6 is 7.82 Å². The van der Waals surface area contributed by atoms with Gasteiger partial charge in [-0.1, -0.05) is 244 Å². The van der Waals surface area contributed by atoms with E-state index in [0.717, 1.165) is 51.4 Å². The minimum atomic E-state index is -4.38. The minimum absolute atomic E-state index is 0.0552. The highest BCUT2D eigenvalue weighted by Crippen LogP contribution is 2.43. The second-order valence-electron chi connectivity index (χ2n) is 18.5. The number of ether oxygens (including phenoxy) is 2. The number of phosphoric ester groups is 1. The number of rotatable bonds is 52. The third-order valence-corrected chi connectivity index (χ3v) is 13.1. The Morgan fingerprint density at radius 2 is 0.778 bits per heavy atom. The molecule has 63 heavy (non-hydrogen) atoms. The van der Waals surface area contributed by atoms with Crippen LogP contribution in [0.25, 0.3) is 0 Å². The molecule has 0 heterocycles. The van der Waals surface area contributed by atoms with Gasteiger partial charge < -0.3 is 20.1 Å². The summed E-state index contributed by atoms with van der Waals surface area (Å²) in [5, 5.41) is 0. The van der Waals surface area contributed by atoms with Crippen molar-refractivity contribution >= 4 is 19.8 Å². The van der Waals surface area contributed by atoms with E-state index in [4.69, 9.17) is 24.3 Å². The molecule has 0 aliphatic carbocycles. The molecule has 0 aromatic carbocycles. The Morgan fingerprint density at radius 3 is 1.13 bits per heavy atom. The summed E-state index contributed by atoms with van der Waals surface area (Å²) >= 11 is 0. The van der Waals surface area contributed by atoms with Gasteiger partial charge in [0.25, 0.3) is 0 Å². The maximum Gasteiger partial charge on any atom is 0.472 e. The van der Waals surface area contributed by atoms with Crippen molar-refractivity contribution in [1.82, 2.24) is 0 Å². The minimum Gasteiger partial charge on any atom is -0.462 e. The first kappa shape index (κ1) is 61.8. The van der Waals surface area contributed by atoms with Gasteiger partial charge in [-0.05, 0) is 38.5 Å². The summed E-state index contributed by atoms with van der Waals surface area (Å²) in [5.41, 5.74) is 5.37. The second-order valence-corrected chi connectivity index (χ2v) is 19.9. The highest BCUT2D eigenvalue weighted by Gasteiger charge is 2.26. The first-order valence-corrected chi connectivity index (χ1v) is 28.7. The van der Waals surface area contributed by atoms with Crippen LogP contribution < -0.4 is 5.73 Å². The van der Waals surface area contributed by atoms with E-state index in [2.05, 4.69) is 26.0 Å². The van der Waals surface area contributed by atoms with Crippen LogP contribution in [-0.2, 0) is 32.7 Å². The van der Waals surface area contributed by atoms with Crippen molar-refractivity contribution in [2.45, 2.75) is 290 Å². The predicted molar refractivity (Wildman–Crippen MR) is 266 cm³/mol. The van der Waals surface area contributed by atoms with E-state index < -0.39 is 26.5 Å². The third kappa shape index (κ3) is 50.0. The molecule has 0 spiro atoms. The number of phosphoric acid groups is 1. The number of allylic oxidation sites excluding steroid dienone is 2. The van der Waals surface area contributed by atoms with Gasteiger partial charge >= 0.3 is 19.8 Å². The Bertz CT molecular complexity index is 1040. The molecule has 0 bridgehead atoms. The molecule has 10 heteroatoms. The number of esters is 2. The van der Waals surface area contributed by atoms with Crippen molar-refractivity contribution in [3.8, 4) is 0 Å². The highest BCUT2D eigenvalue weighted by atomic mass is 31.2. The number of nitrogens with two attached hydrogens (primary N) is 1. The van der Waals surface area contributed by atoms with E-state index in [9.17, 15) is 19.0 Å². The summed E-state index contributed by atoms with van der Waals surface area (Å²) in [4.78, 5) is 35.1. The molecule has 0 amide bonds. The SMILES string of the molecule is CCCCCCCCC/C=C\CCCCCCCC(=O)OC(COC(=O)CCCCCCCCCCCCCCCCCCCCCCCCCCCC)COP(=O)(O)OCCN. The van der Waals surface area contributed by atoms with Crippen molar-refractivity contribution in [3.63, 3.8) is 0 Å². The molecule has 374 valence electrons. The lowest BCUT2D eigenvalue weighted by Crippen LogP contribution is -2.29. The molecule has 0 aliphatic heterocycles. The zero-order valence-corrected chi connectivity index (χ0v) is 42.5. The van der Waals surface area contributed by atoms with Crippen LogP contribution in [0.15, 0.2) is 12.2 Å². The number of unbranched alkanes of at least 4 members (excludes halogenated alkanes) is 37. The van der Waals surface area contributed by atoms with Crippen LogP contribution in [0.5, 0.6) is 0 Å². The standard InChI is InChI=1S/C53H104NO8P/c1-3-5-7-9-11-13-15-17-19-21-22-23-24-25-26-27-28-29-30-32-33-35-37-39-41-43-45-52(55)59-49-51(50-61-63(57,58)60-48-47-54)62-53(56)46-44-42-40-38-36-34-31-20-18-16-14-12-10-8-6-4-2/h20,31,51H,3-19,21-30,32-50,54H2,1-2H3,(H,57,58)/b31-20-. The molecular formula is C53H104NO8P. The Morgan fingerprint density at radius 1 is 0.460 bits per heavy atom. The number of hydrogen-bond acceptors (Lipinski definition) is 8. The van der Waals surface area contributed by atoms with Gasteiger partial charge in [0.05, 0.1) is 13.2 Å². The van der Waals surface area contributed by atoms with E-state index >= 15 is 0 Å². The molecule has 3 N–H and O–H groups in total. The topological polar surface area (TPSA) is 134 Å². The lowest BCUT2D eigenvalue weighted by atomic mass is 10.0. The van der Waals surface area contributed by atoms with Crippen LogP contribution in [0.2, 0.25) is 0 Å². The van der Waals surface area contributed by atoms with E-state index in [-0.39, 0.29) is 38.6 Å². The lowest BCUT2D eigenvalue weighted by Gasteiger charge is -2.19. The zero-order valence-electron chi connectivity index (χ0n) is 41.6. The van der Waals surface area contributed by atoms with Crippen LogP contribution in [0.4, 0.5) is 0 Å². The maximum absolute atomic E-state index is 12.6. The molecule has 0 aliphatic rings. The Labute approximate surface area is 389 Å². The monoisotopic (exact) mass is 914 g/mol. The van der Waals surface area contributed by atoms with Gasteiger partial charge in [0, 0.05) is 19.4 Å². The fourth-order valence-electron chi connectivity index (χ4n) is 8.10. The van der Waals surface area contributed by atoms with Gasteiger partial charge in [0.15, 0.2) is 6.10 Å². The van der Waals surface area contributed by atoms with E-state index in [1.807, 2.05) is 0 Å². The van der Waals surface area contributed by atoms with Gasteiger partial charge in [-0.25, -0.2) is 4.57 Å². The quantitative estimate of drug-likeness (QED) is 0.0265. The first-order chi connectivity index (χ1) is 30.8. The smallest absolute Gasteiger partial charge is 0.462 e. The molecule has 2 atom stereocenters. The maximum atomic E-state index is 12.6. The number of carbonyl (C=O) groups is 2. The predicted octanol–water partition coefficient (Wildman–Crippen LogP) is 16.5. The van der Waals surface area contributed by atoms with Crippen molar-refractivity contribution in [1.29, 1.82) is 0 Å². The molecule has 9 nitrogen and oxygen atoms in total. The first-order valence-electron chi connectivity index (χ1n) is 27.2. The van der Waals surface area contributed by atoms with E-state index in [1.54, 1.807) is 0 Å². The van der Waals surface area contributed by atoms with Gasteiger partial charge in [0.1, 0.15) is 6.61 Å². The van der Waals surface area contributed by atoms with Crippen molar-refractivity contribution in [2.24, 2.45) is 5.73 Å². The van der Waals surface area contributed by atoms with Crippen LogP contribution in [0, 0.1) is 0 Å². The molecule has 0 aromatic heterocycles. The highest BCUT2D eigenvalue weighted by molar-refractivity contribution is 7.47. The summed E-state index contributed by atoms with van der Waals surface area (Å²) in [6.07, 6.45) is 55.5. The molecule has 0 rings (SSSR count). The van der Waals surface area contributed by atoms with Crippen LogP contribution in [0.3, 0.4) is 0 Å². The normalized spacial score (nSPS) is 13.1. The average Bonchev–Trinajstić information content (AvgIpc) is 3.27. The molecule has 0 saturated heterocycles. The van der Waals surface area contributed by atoms with Crippen molar-refractivity contribution in [3.05, 3.63) is 12.2 Å². The van der Waals surface area contributed by atoms with Gasteiger partial charge in [0.2, 0.25) is 0 Å². The van der Waals surface area contributed by atoms with Crippen molar-refractivity contribution < 1.29 is 37.6 Å². The van der Waals surface area contributed by atoms with E-state index in [1.165, 1.54) is 199 Å². The number of hydrogen-bond donors (Lipinski definition) is 2. The van der Waals surface area contributed by atoms with Gasteiger partial charge in [-0.15, -0.1) is 0 Å². The molecule has 0 saturated carbocycles.